The molecular formula is C21H17ClFNO. The van der Waals surface area contributed by atoms with Crippen molar-refractivity contribution in [1.29, 1.82) is 0 Å². The molecule has 0 saturated heterocycles. The van der Waals surface area contributed by atoms with Gasteiger partial charge in [-0.25, -0.2) is 4.39 Å². The summed E-state index contributed by atoms with van der Waals surface area (Å²) in [5.41, 5.74) is 2.62. The molecule has 0 atom stereocenters. The van der Waals surface area contributed by atoms with Crippen LogP contribution >= 0.6 is 11.6 Å². The van der Waals surface area contributed by atoms with Gasteiger partial charge in [0.15, 0.2) is 0 Å². The Morgan fingerprint density at radius 3 is 2.00 bits per heavy atom. The first kappa shape index (κ1) is 17.2. The molecule has 0 aliphatic carbocycles. The molecule has 0 aliphatic heterocycles. The topological polar surface area (TPSA) is 29.1 Å². The molecule has 4 heteroatoms. The van der Waals surface area contributed by atoms with Crippen LogP contribution in [0.3, 0.4) is 0 Å². The second-order valence-electron chi connectivity index (χ2n) is 5.76. The number of hydrogen-bond acceptors (Lipinski definition) is 1. The second kappa shape index (κ2) is 7.95. The molecule has 0 heterocycles. The van der Waals surface area contributed by atoms with E-state index in [1.807, 2.05) is 60.7 Å². The first-order valence-corrected chi connectivity index (χ1v) is 8.36. The van der Waals surface area contributed by atoms with E-state index < -0.39 is 5.82 Å². The number of carbonyl (C=O) groups is 1. The van der Waals surface area contributed by atoms with Crippen molar-refractivity contribution in [2.75, 3.05) is 5.32 Å². The number of halogens is 2. The summed E-state index contributed by atoms with van der Waals surface area (Å²) in [6.07, 6.45) is 0.281. The molecule has 0 spiro atoms. The lowest BCUT2D eigenvalue weighted by atomic mass is 9.88. The maximum absolute atomic E-state index is 13.2. The van der Waals surface area contributed by atoms with Crippen LogP contribution in [-0.2, 0) is 4.79 Å². The fourth-order valence-corrected chi connectivity index (χ4v) is 2.95. The molecule has 0 bridgehead atoms. The molecule has 25 heavy (non-hydrogen) atoms. The van der Waals surface area contributed by atoms with E-state index in [2.05, 4.69) is 5.32 Å². The van der Waals surface area contributed by atoms with Gasteiger partial charge < -0.3 is 5.32 Å². The van der Waals surface area contributed by atoms with Gasteiger partial charge in [-0.05, 0) is 29.3 Å². The number of nitrogens with one attached hydrogen (secondary N) is 1. The standard InChI is InChI=1S/C21H17ClFNO/c22-19-13-17(11-12-20(19)23)24-21(25)14-18(15-7-3-1-4-8-15)16-9-5-2-6-10-16/h1-13,18H,14H2,(H,24,25). The van der Waals surface area contributed by atoms with E-state index >= 15 is 0 Å². The predicted octanol–water partition coefficient (Wildman–Crippen LogP) is 5.64. The molecule has 3 aromatic carbocycles. The minimum absolute atomic E-state index is 0.0135. The van der Waals surface area contributed by atoms with Gasteiger partial charge >= 0.3 is 0 Å². The van der Waals surface area contributed by atoms with Crippen LogP contribution in [0.5, 0.6) is 0 Å². The summed E-state index contributed by atoms with van der Waals surface area (Å²) in [6.45, 7) is 0. The van der Waals surface area contributed by atoms with E-state index in [4.69, 9.17) is 11.6 Å². The van der Waals surface area contributed by atoms with E-state index in [-0.39, 0.29) is 23.3 Å². The lowest BCUT2D eigenvalue weighted by molar-refractivity contribution is -0.116. The fourth-order valence-electron chi connectivity index (χ4n) is 2.77. The minimum atomic E-state index is -0.508. The normalized spacial score (nSPS) is 10.7. The highest BCUT2D eigenvalue weighted by Crippen LogP contribution is 2.28. The molecule has 3 aromatic rings. The first-order chi connectivity index (χ1) is 12.1. The van der Waals surface area contributed by atoms with Crippen molar-refractivity contribution < 1.29 is 9.18 Å². The average Bonchev–Trinajstić information content (AvgIpc) is 2.64. The average molecular weight is 354 g/mol. The van der Waals surface area contributed by atoms with Gasteiger partial charge in [0.1, 0.15) is 5.82 Å². The van der Waals surface area contributed by atoms with Crippen molar-refractivity contribution in [3.63, 3.8) is 0 Å². The maximum Gasteiger partial charge on any atom is 0.225 e. The Labute approximate surface area is 151 Å². The zero-order valence-corrected chi connectivity index (χ0v) is 14.2. The largest absolute Gasteiger partial charge is 0.326 e. The SMILES string of the molecule is O=C(CC(c1ccccc1)c1ccccc1)Nc1ccc(F)c(Cl)c1. The van der Waals surface area contributed by atoms with Crippen molar-refractivity contribution in [2.45, 2.75) is 12.3 Å². The maximum atomic E-state index is 13.2. The molecule has 1 amide bonds. The highest BCUT2D eigenvalue weighted by molar-refractivity contribution is 6.31. The highest BCUT2D eigenvalue weighted by atomic mass is 35.5. The van der Waals surface area contributed by atoms with Gasteiger partial charge in [0.05, 0.1) is 5.02 Å². The third-order valence-corrected chi connectivity index (χ3v) is 4.29. The van der Waals surface area contributed by atoms with Gasteiger partial charge in [-0.3, -0.25) is 4.79 Å². The van der Waals surface area contributed by atoms with Gasteiger partial charge in [-0.2, -0.15) is 0 Å². The fraction of sp³-hybridized carbons (Fsp3) is 0.0952. The number of hydrogen-bond donors (Lipinski definition) is 1. The van der Waals surface area contributed by atoms with Crippen molar-refractivity contribution in [3.8, 4) is 0 Å². The van der Waals surface area contributed by atoms with Gasteiger partial charge in [0.25, 0.3) is 0 Å². The monoisotopic (exact) mass is 353 g/mol. The predicted molar refractivity (Wildman–Crippen MR) is 99.4 cm³/mol. The van der Waals surface area contributed by atoms with E-state index in [1.54, 1.807) is 0 Å². The summed E-state index contributed by atoms with van der Waals surface area (Å²) in [5.74, 6) is -0.718. The number of carbonyl (C=O) groups excluding carboxylic acids is 1. The van der Waals surface area contributed by atoms with Crippen LogP contribution in [-0.4, -0.2) is 5.91 Å². The van der Waals surface area contributed by atoms with Gasteiger partial charge in [0, 0.05) is 18.0 Å². The van der Waals surface area contributed by atoms with Crippen LogP contribution in [0.25, 0.3) is 0 Å². The molecule has 0 aromatic heterocycles. The molecule has 0 fully saturated rings. The second-order valence-corrected chi connectivity index (χ2v) is 6.16. The molecule has 0 aliphatic rings. The number of anilines is 1. The number of benzene rings is 3. The Balaban J connectivity index is 1.80. The molecule has 126 valence electrons. The van der Waals surface area contributed by atoms with Crippen LogP contribution in [0, 0.1) is 5.82 Å². The summed E-state index contributed by atoms with van der Waals surface area (Å²) < 4.78 is 13.2. The Morgan fingerprint density at radius 1 is 0.920 bits per heavy atom. The molecular weight excluding hydrogens is 337 g/mol. The van der Waals surface area contributed by atoms with Crippen LogP contribution in [0.15, 0.2) is 78.9 Å². The zero-order chi connectivity index (χ0) is 17.6. The van der Waals surface area contributed by atoms with Crippen molar-refractivity contribution in [2.24, 2.45) is 0 Å². The lowest BCUT2D eigenvalue weighted by Crippen LogP contribution is -2.16. The third-order valence-electron chi connectivity index (χ3n) is 4.00. The first-order valence-electron chi connectivity index (χ1n) is 7.98. The van der Waals surface area contributed by atoms with Crippen molar-refractivity contribution in [3.05, 3.63) is 101 Å². The number of rotatable bonds is 5. The Hall–Kier alpha value is -2.65. The highest BCUT2D eigenvalue weighted by Gasteiger charge is 2.18. The summed E-state index contributed by atoms with van der Waals surface area (Å²) in [5, 5.41) is 2.78. The Bertz CT molecular complexity index is 813. The third kappa shape index (κ3) is 4.46. The summed E-state index contributed by atoms with van der Waals surface area (Å²) >= 11 is 5.77. The van der Waals surface area contributed by atoms with E-state index in [0.29, 0.717) is 5.69 Å². The van der Waals surface area contributed by atoms with Crippen LogP contribution in [0.1, 0.15) is 23.5 Å². The van der Waals surface area contributed by atoms with Gasteiger partial charge in [-0.15, -0.1) is 0 Å². The summed E-state index contributed by atoms with van der Waals surface area (Å²) in [6, 6.07) is 24.0. The molecule has 0 radical (unpaired) electrons. The van der Waals surface area contributed by atoms with E-state index in [0.717, 1.165) is 11.1 Å². The Kier molecular flexibility index (Phi) is 5.46. The van der Waals surface area contributed by atoms with Crippen LogP contribution in [0.4, 0.5) is 10.1 Å². The van der Waals surface area contributed by atoms with Crippen LogP contribution in [0.2, 0.25) is 5.02 Å². The van der Waals surface area contributed by atoms with Crippen molar-refractivity contribution in [1.82, 2.24) is 0 Å². The zero-order valence-electron chi connectivity index (χ0n) is 13.5. The molecule has 2 nitrogen and oxygen atoms in total. The van der Waals surface area contributed by atoms with Gasteiger partial charge in [0.2, 0.25) is 5.91 Å². The molecule has 0 unspecified atom stereocenters. The molecule has 0 saturated carbocycles. The van der Waals surface area contributed by atoms with Gasteiger partial charge in [-0.1, -0.05) is 72.3 Å². The molecule has 1 N–H and O–H groups in total. The summed E-state index contributed by atoms with van der Waals surface area (Å²) in [4.78, 5) is 12.5. The van der Waals surface area contributed by atoms with E-state index in [9.17, 15) is 9.18 Å². The van der Waals surface area contributed by atoms with Crippen LogP contribution < -0.4 is 5.32 Å². The quantitative estimate of drug-likeness (QED) is 0.631. The minimum Gasteiger partial charge on any atom is -0.326 e. The van der Waals surface area contributed by atoms with Crippen molar-refractivity contribution >= 4 is 23.2 Å². The van der Waals surface area contributed by atoms with E-state index in [1.165, 1.54) is 18.2 Å². The lowest BCUT2D eigenvalue weighted by Gasteiger charge is -2.18. The molecule has 3 rings (SSSR count). The summed E-state index contributed by atoms with van der Waals surface area (Å²) in [7, 11) is 0. The number of amides is 1. The smallest absolute Gasteiger partial charge is 0.225 e. The Morgan fingerprint density at radius 2 is 1.48 bits per heavy atom.